The van der Waals surface area contributed by atoms with Crippen molar-refractivity contribution in [3.8, 4) is 27.9 Å². The van der Waals surface area contributed by atoms with Crippen LogP contribution in [0.5, 0.6) is 11.5 Å². The number of rotatable bonds is 6. The highest BCUT2D eigenvalue weighted by Gasteiger charge is 2.22. The number of carbonyl (C=O) groups is 2. The molecule has 2 aromatic carbocycles. The zero-order chi connectivity index (χ0) is 22.1. The molecule has 5 rings (SSSR count). The smallest absolute Gasteiger partial charge is 0.378 e. The second kappa shape index (κ2) is 8.23. The summed E-state index contributed by atoms with van der Waals surface area (Å²) < 4.78 is 30.4. The number of thiophene rings is 1. The summed E-state index contributed by atoms with van der Waals surface area (Å²) in [6.07, 6.45) is 0. The van der Waals surface area contributed by atoms with Gasteiger partial charge >= 0.3 is 5.97 Å². The quantitative estimate of drug-likeness (QED) is 0.324. The van der Waals surface area contributed by atoms with Gasteiger partial charge in [0.15, 0.2) is 29.7 Å². The van der Waals surface area contributed by atoms with E-state index in [9.17, 15) is 14.0 Å². The minimum Gasteiger partial charge on any atom is -0.454 e. The summed E-state index contributed by atoms with van der Waals surface area (Å²) >= 11 is 1.41. The molecule has 0 fully saturated rings. The van der Waals surface area contributed by atoms with Crippen molar-refractivity contribution in [3.05, 3.63) is 77.2 Å². The van der Waals surface area contributed by atoms with Crippen molar-refractivity contribution in [2.24, 2.45) is 0 Å². The van der Waals surface area contributed by atoms with Crippen LogP contribution in [0.15, 0.2) is 60.0 Å². The first kappa shape index (κ1) is 19.9. The van der Waals surface area contributed by atoms with Gasteiger partial charge < -0.3 is 14.2 Å². The minimum atomic E-state index is -0.849. The van der Waals surface area contributed by atoms with E-state index in [1.807, 2.05) is 17.5 Å². The number of benzene rings is 2. The van der Waals surface area contributed by atoms with E-state index in [-0.39, 0.29) is 12.6 Å². The number of halogens is 1. The van der Waals surface area contributed by atoms with Crippen LogP contribution in [0.2, 0.25) is 0 Å². The van der Waals surface area contributed by atoms with Crippen LogP contribution in [0.3, 0.4) is 0 Å². The van der Waals surface area contributed by atoms with E-state index in [2.05, 4.69) is 10.1 Å². The maximum atomic E-state index is 13.3. The Bertz CT molecular complexity index is 1300. The fraction of sp³-hybridized carbons (Fsp3) is 0.0909. The summed E-state index contributed by atoms with van der Waals surface area (Å²) in [6, 6.07) is 14.0. The molecule has 0 atom stereocenters. The first-order valence-corrected chi connectivity index (χ1v) is 10.3. The van der Waals surface area contributed by atoms with Gasteiger partial charge in [-0.1, -0.05) is 6.07 Å². The number of ketones is 1. The number of hydrogen-bond donors (Lipinski definition) is 0. The van der Waals surface area contributed by atoms with Crippen molar-refractivity contribution >= 4 is 23.1 Å². The molecule has 2 aromatic heterocycles. The fourth-order valence-electron chi connectivity index (χ4n) is 3.08. The van der Waals surface area contributed by atoms with E-state index in [1.54, 1.807) is 12.1 Å². The van der Waals surface area contributed by atoms with Gasteiger partial charge in [-0.15, -0.1) is 16.4 Å². The molecule has 0 saturated carbocycles. The Balaban J connectivity index is 1.36. The number of nitrogens with zero attached hydrogens (tertiary/aromatic N) is 3. The van der Waals surface area contributed by atoms with Gasteiger partial charge in [0.2, 0.25) is 6.79 Å². The summed E-state index contributed by atoms with van der Waals surface area (Å²) in [5.74, 6) is -0.450. The van der Waals surface area contributed by atoms with Crippen molar-refractivity contribution in [2.45, 2.75) is 0 Å². The summed E-state index contributed by atoms with van der Waals surface area (Å²) in [6.45, 7) is -0.394. The Kier molecular flexibility index (Phi) is 5.12. The molecule has 0 bridgehead atoms. The monoisotopic (exact) mass is 451 g/mol. The normalized spacial score (nSPS) is 12.0. The van der Waals surface area contributed by atoms with Crippen molar-refractivity contribution in [2.75, 3.05) is 13.4 Å². The van der Waals surface area contributed by atoms with E-state index >= 15 is 0 Å². The second-order valence-corrected chi connectivity index (χ2v) is 7.64. The summed E-state index contributed by atoms with van der Waals surface area (Å²) in [5, 5.41) is 6.09. The standard InChI is InChI=1S/C22H14FN3O5S/c23-14-4-6-15(7-5-14)26-21(19-2-1-9-32-19)24-20(25-26)22(28)29-11-16(27)13-3-8-17-18(10-13)31-12-30-17/h1-10H,11-12H2. The lowest BCUT2D eigenvalue weighted by molar-refractivity contribution is 0.0462. The molecular formula is C22H14FN3O5S. The molecule has 0 spiro atoms. The molecular weight excluding hydrogens is 437 g/mol. The lowest BCUT2D eigenvalue weighted by Gasteiger charge is -2.04. The van der Waals surface area contributed by atoms with Crippen molar-refractivity contribution in [1.82, 2.24) is 14.8 Å². The molecule has 3 heterocycles. The first-order chi connectivity index (χ1) is 15.6. The molecule has 0 N–H and O–H groups in total. The van der Waals surface area contributed by atoms with Gasteiger partial charge in [-0.05, 0) is 53.9 Å². The van der Waals surface area contributed by atoms with Crippen LogP contribution in [-0.2, 0) is 4.74 Å². The van der Waals surface area contributed by atoms with Gasteiger partial charge in [-0.2, -0.15) is 4.98 Å². The Hall–Kier alpha value is -4.05. The van der Waals surface area contributed by atoms with Crippen LogP contribution < -0.4 is 9.47 Å². The molecule has 1 aliphatic rings. The predicted octanol–water partition coefficient (Wildman–Crippen LogP) is 3.90. The molecule has 160 valence electrons. The number of aromatic nitrogens is 3. The third-order valence-electron chi connectivity index (χ3n) is 4.63. The number of carbonyl (C=O) groups excluding carboxylic acids is 2. The Morgan fingerprint density at radius 1 is 1.09 bits per heavy atom. The number of fused-ring (bicyclic) bond motifs is 1. The molecule has 0 aliphatic carbocycles. The molecule has 8 nitrogen and oxygen atoms in total. The maximum Gasteiger partial charge on any atom is 0.378 e. The van der Waals surface area contributed by atoms with Crippen LogP contribution in [-0.4, -0.2) is 39.9 Å². The van der Waals surface area contributed by atoms with E-state index in [0.29, 0.717) is 28.6 Å². The number of Topliss-reactive ketones (excluding diaryl/α,β-unsaturated/α-hetero) is 1. The molecule has 4 aromatic rings. The van der Waals surface area contributed by atoms with E-state index in [1.165, 1.54) is 46.4 Å². The predicted molar refractivity (Wildman–Crippen MR) is 112 cm³/mol. The zero-order valence-corrected chi connectivity index (χ0v) is 17.2. The topological polar surface area (TPSA) is 92.5 Å². The number of ether oxygens (including phenoxy) is 3. The molecule has 1 aliphatic heterocycles. The van der Waals surface area contributed by atoms with Crippen molar-refractivity contribution < 1.29 is 28.2 Å². The van der Waals surface area contributed by atoms with Gasteiger partial charge in [0.1, 0.15) is 5.82 Å². The maximum absolute atomic E-state index is 13.3. The highest BCUT2D eigenvalue weighted by molar-refractivity contribution is 7.13. The second-order valence-electron chi connectivity index (χ2n) is 6.69. The lowest BCUT2D eigenvalue weighted by atomic mass is 10.1. The summed E-state index contributed by atoms with van der Waals surface area (Å²) in [5.41, 5.74) is 0.851. The van der Waals surface area contributed by atoms with Gasteiger partial charge in [0.25, 0.3) is 5.82 Å². The van der Waals surface area contributed by atoms with Gasteiger partial charge in [0, 0.05) is 5.56 Å². The van der Waals surface area contributed by atoms with Gasteiger partial charge in [-0.3, -0.25) is 4.79 Å². The highest BCUT2D eigenvalue weighted by atomic mass is 32.1. The minimum absolute atomic E-state index is 0.0942. The first-order valence-electron chi connectivity index (χ1n) is 9.45. The van der Waals surface area contributed by atoms with E-state index in [0.717, 1.165) is 4.88 Å². The number of esters is 1. The Labute approximate surface area is 184 Å². The van der Waals surface area contributed by atoms with Gasteiger partial charge in [0.05, 0.1) is 10.6 Å². The van der Waals surface area contributed by atoms with Crippen molar-refractivity contribution in [1.29, 1.82) is 0 Å². The molecule has 0 unspecified atom stereocenters. The third kappa shape index (κ3) is 3.83. The van der Waals surface area contributed by atoms with Crippen LogP contribution in [0.4, 0.5) is 4.39 Å². The average molecular weight is 451 g/mol. The SMILES string of the molecule is O=C(COC(=O)c1nc(-c2cccs2)n(-c2ccc(F)cc2)n1)c1ccc2c(c1)OCO2. The summed E-state index contributed by atoms with van der Waals surface area (Å²) in [4.78, 5) is 30.1. The molecule has 0 saturated heterocycles. The molecule has 0 radical (unpaired) electrons. The largest absolute Gasteiger partial charge is 0.454 e. The van der Waals surface area contributed by atoms with E-state index in [4.69, 9.17) is 14.2 Å². The van der Waals surface area contributed by atoms with Crippen molar-refractivity contribution in [3.63, 3.8) is 0 Å². The van der Waals surface area contributed by atoms with Crippen LogP contribution >= 0.6 is 11.3 Å². The van der Waals surface area contributed by atoms with E-state index < -0.39 is 24.2 Å². The van der Waals surface area contributed by atoms with Crippen LogP contribution in [0, 0.1) is 5.82 Å². The number of hydrogen-bond acceptors (Lipinski definition) is 8. The lowest BCUT2D eigenvalue weighted by Crippen LogP contribution is -2.15. The zero-order valence-electron chi connectivity index (χ0n) is 16.4. The Morgan fingerprint density at radius 3 is 2.69 bits per heavy atom. The third-order valence-corrected chi connectivity index (χ3v) is 5.50. The van der Waals surface area contributed by atoms with Gasteiger partial charge in [-0.25, -0.2) is 13.9 Å². The average Bonchev–Trinajstić information content (AvgIpc) is 3.57. The van der Waals surface area contributed by atoms with Crippen LogP contribution in [0.1, 0.15) is 21.0 Å². The van der Waals surface area contributed by atoms with Crippen LogP contribution in [0.25, 0.3) is 16.4 Å². The summed E-state index contributed by atoms with van der Waals surface area (Å²) in [7, 11) is 0. The molecule has 0 amide bonds. The molecule has 10 heteroatoms. The fourth-order valence-corrected chi connectivity index (χ4v) is 3.77. The highest BCUT2D eigenvalue weighted by Crippen LogP contribution is 2.32. The Morgan fingerprint density at radius 2 is 1.91 bits per heavy atom. The molecule has 32 heavy (non-hydrogen) atoms.